The molecule has 0 saturated heterocycles. The third-order valence-corrected chi connectivity index (χ3v) is 12.7. The Hall–Kier alpha value is -0.850. The minimum atomic E-state index is -0.163. The van der Waals surface area contributed by atoms with E-state index >= 15 is 0 Å². The number of ketones is 1. The summed E-state index contributed by atoms with van der Waals surface area (Å²) in [5.41, 5.74) is 4.19. The number of carbonyl (C=O) groups excluding carboxylic acids is 1. The molecule has 4 aliphatic rings. The summed E-state index contributed by atoms with van der Waals surface area (Å²) in [4.78, 5) is 12.8. The fraction of sp³-hybridized carbons (Fsp3) is 0.844. The molecule has 3 fully saturated rings. The first-order valence-corrected chi connectivity index (χ1v) is 14.0. The van der Waals surface area contributed by atoms with E-state index in [2.05, 4.69) is 75.0 Å². The van der Waals surface area contributed by atoms with E-state index in [0.717, 1.165) is 24.7 Å². The normalized spacial score (nSPS) is 43.2. The topological polar surface area (TPSA) is 17.1 Å². The SMILES string of the molecule is C=C(C)C(C)(C)CC[C@@H](C)[C@H]1CC[C@@]2(C)[C@@H]3CC[C@H]4C(C)(C)C(=O)CC[C@]4(C)C3=CC[C@]12C. The lowest BCUT2D eigenvalue weighted by molar-refractivity contribution is -0.142. The van der Waals surface area contributed by atoms with Crippen molar-refractivity contribution in [3.05, 3.63) is 23.8 Å². The van der Waals surface area contributed by atoms with Crippen LogP contribution in [0.2, 0.25) is 0 Å². The molecule has 3 saturated carbocycles. The first-order chi connectivity index (χ1) is 15.1. The summed E-state index contributed by atoms with van der Waals surface area (Å²) < 4.78 is 0. The second-order valence-corrected chi connectivity index (χ2v) is 14.8. The molecule has 0 aliphatic heterocycles. The Balaban J connectivity index is 1.61. The molecule has 1 nitrogen and oxygen atoms in total. The van der Waals surface area contributed by atoms with Crippen molar-refractivity contribution >= 4 is 5.78 Å². The molecule has 186 valence electrons. The van der Waals surface area contributed by atoms with Gasteiger partial charge in [-0.05, 0) is 104 Å². The van der Waals surface area contributed by atoms with Crippen LogP contribution in [0.1, 0.15) is 120 Å². The molecule has 0 bridgehead atoms. The monoisotopic (exact) mass is 452 g/mol. The van der Waals surface area contributed by atoms with Crippen LogP contribution in [0.4, 0.5) is 0 Å². The summed E-state index contributed by atoms with van der Waals surface area (Å²) in [5, 5.41) is 0. The van der Waals surface area contributed by atoms with Gasteiger partial charge in [0.25, 0.3) is 0 Å². The summed E-state index contributed by atoms with van der Waals surface area (Å²) in [6.07, 6.45) is 13.7. The molecule has 7 atom stereocenters. The van der Waals surface area contributed by atoms with Gasteiger partial charge in [-0.2, -0.15) is 0 Å². The Morgan fingerprint density at radius 3 is 2.39 bits per heavy atom. The summed E-state index contributed by atoms with van der Waals surface area (Å²) in [5.74, 6) is 3.32. The second-order valence-electron chi connectivity index (χ2n) is 14.8. The molecule has 0 heterocycles. The molecule has 1 heteroatoms. The van der Waals surface area contributed by atoms with Gasteiger partial charge in [-0.25, -0.2) is 0 Å². The lowest BCUT2D eigenvalue weighted by Gasteiger charge is -2.63. The van der Waals surface area contributed by atoms with Crippen LogP contribution in [-0.4, -0.2) is 5.78 Å². The molecule has 0 aromatic rings. The number of hydrogen-bond donors (Lipinski definition) is 0. The Morgan fingerprint density at radius 1 is 1.09 bits per heavy atom. The molecular weight excluding hydrogens is 400 g/mol. The van der Waals surface area contributed by atoms with Crippen molar-refractivity contribution in [1.29, 1.82) is 0 Å². The number of rotatable bonds is 5. The van der Waals surface area contributed by atoms with Gasteiger partial charge < -0.3 is 0 Å². The maximum Gasteiger partial charge on any atom is 0.138 e. The zero-order valence-corrected chi connectivity index (χ0v) is 23.4. The van der Waals surface area contributed by atoms with Crippen LogP contribution < -0.4 is 0 Å². The maximum atomic E-state index is 12.8. The molecule has 0 aromatic heterocycles. The van der Waals surface area contributed by atoms with Crippen molar-refractivity contribution in [1.82, 2.24) is 0 Å². The molecule has 0 radical (unpaired) electrons. The largest absolute Gasteiger partial charge is 0.299 e. The van der Waals surface area contributed by atoms with Gasteiger partial charge in [0.2, 0.25) is 0 Å². The Kier molecular flexibility index (Phi) is 5.99. The molecule has 0 aromatic carbocycles. The third kappa shape index (κ3) is 3.48. The lowest BCUT2D eigenvalue weighted by atomic mass is 9.41. The Labute approximate surface area is 205 Å². The highest BCUT2D eigenvalue weighted by Crippen LogP contribution is 2.73. The molecule has 4 aliphatic carbocycles. The summed E-state index contributed by atoms with van der Waals surface area (Å²) >= 11 is 0. The quantitative estimate of drug-likeness (QED) is 0.380. The standard InChI is InChI=1S/C32H52O/c1-21(2)28(4,5)17-13-22(3)23-14-19-32(10)25-11-12-26-29(6,7)27(33)16-18-30(26,8)24(25)15-20-31(23,32)9/h15,22-23,25-26H,1,11-14,16-20H2,2-10H3/t22-,23-,25-,26+,30-,31-,32+/m1/s1. The minimum Gasteiger partial charge on any atom is -0.299 e. The van der Waals surface area contributed by atoms with Gasteiger partial charge in [0.1, 0.15) is 5.78 Å². The number of Topliss-reactive ketones (excluding diaryl/α,β-unsaturated/α-hetero) is 1. The second kappa shape index (κ2) is 7.83. The maximum absolute atomic E-state index is 12.8. The Bertz CT molecular complexity index is 858. The van der Waals surface area contributed by atoms with Crippen molar-refractivity contribution in [2.24, 2.45) is 50.7 Å². The molecule has 33 heavy (non-hydrogen) atoms. The zero-order chi connectivity index (χ0) is 24.6. The first kappa shape index (κ1) is 25.2. The average Bonchev–Trinajstić information content (AvgIpc) is 3.01. The van der Waals surface area contributed by atoms with Gasteiger partial charge in [0, 0.05) is 11.8 Å². The fourth-order valence-corrected chi connectivity index (χ4v) is 9.49. The molecule has 0 N–H and O–H groups in total. The van der Waals surface area contributed by atoms with Gasteiger partial charge in [-0.1, -0.05) is 79.2 Å². The predicted octanol–water partition coefficient (Wildman–Crippen LogP) is 9.18. The van der Waals surface area contributed by atoms with E-state index in [1.165, 1.54) is 50.5 Å². The minimum absolute atomic E-state index is 0.163. The van der Waals surface area contributed by atoms with E-state index < -0.39 is 0 Å². The van der Waals surface area contributed by atoms with Crippen LogP contribution in [-0.2, 0) is 4.79 Å². The van der Waals surface area contributed by atoms with Crippen molar-refractivity contribution in [2.75, 3.05) is 0 Å². The summed E-state index contributed by atoms with van der Waals surface area (Å²) in [6, 6.07) is 0. The van der Waals surface area contributed by atoms with Crippen LogP contribution in [0, 0.1) is 50.7 Å². The number of hydrogen-bond acceptors (Lipinski definition) is 1. The third-order valence-electron chi connectivity index (χ3n) is 12.7. The van der Waals surface area contributed by atoms with E-state index in [1.807, 2.05) is 0 Å². The van der Waals surface area contributed by atoms with Crippen LogP contribution in [0.3, 0.4) is 0 Å². The van der Waals surface area contributed by atoms with E-state index in [9.17, 15) is 4.79 Å². The van der Waals surface area contributed by atoms with Crippen molar-refractivity contribution in [3.8, 4) is 0 Å². The zero-order valence-electron chi connectivity index (χ0n) is 23.4. The Morgan fingerprint density at radius 2 is 1.76 bits per heavy atom. The summed E-state index contributed by atoms with van der Waals surface area (Å²) in [7, 11) is 0. The number of allylic oxidation sites excluding steroid dienone is 3. The molecule has 4 rings (SSSR count). The van der Waals surface area contributed by atoms with Gasteiger partial charge in [-0.15, -0.1) is 0 Å². The van der Waals surface area contributed by atoms with E-state index in [-0.39, 0.29) is 16.2 Å². The van der Waals surface area contributed by atoms with Crippen LogP contribution in [0.15, 0.2) is 23.8 Å². The van der Waals surface area contributed by atoms with Gasteiger partial charge in [0.05, 0.1) is 0 Å². The highest BCUT2D eigenvalue weighted by molar-refractivity contribution is 5.85. The van der Waals surface area contributed by atoms with Crippen molar-refractivity contribution < 1.29 is 4.79 Å². The van der Waals surface area contributed by atoms with Crippen LogP contribution in [0.25, 0.3) is 0 Å². The van der Waals surface area contributed by atoms with Gasteiger partial charge in [-0.3, -0.25) is 4.79 Å². The van der Waals surface area contributed by atoms with Crippen molar-refractivity contribution in [3.63, 3.8) is 0 Å². The van der Waals surface area contributed by atoms with Crippen molar-refractivity contribution in [2.45, 2.75) is 120 Å². The molecule has 0 amide bonds. The number of fused-ring (bicyclic) bond motifs is 5. The molecule has 0 spiro atoms. The predicted molar refractivity (Wildman–Crippen MR) is 141 cm³/mol. The van der Waals surface area contributed by atoms with E-state index in [0.29, 0.717) is 28.4 Å². The highest BCUT2D eigenvalue weighted by Gasteiger charge is 2.65. The van der Waals surface area contributed by atoms with Gasteiger partial charge in [0.15, 0.2) is 0 Å². The fourth-order valence-electron chi connectivity index (χ4n) is 9.49. The average molecular weight is 453 g/mol. The van der Waals surface area contributed by atoms with Gasteiger partial charge >= 0.3 is 0 Å². The molecule has 0 unspecified atom stereocenters. The van der Waals surface area contributed by atoms with Crippen LogP contribution >= 0.6 is 0 Å². The number of carbonyl (C=O) groups is 1. The first-order valence-electron chi connectivity index (χ1n) is 14.0. The smallest absolute Gasteiger partial charge is 0.138 e. The van der Waals surface area contributed by atoms with E-state index in [4.69, 9.17) is 0 Å². The molecular formula is C32H52O. The van der Waals surface area contributed by atoms with E-state index in [1.54, 1.807) is 5.57 Å². The summed E-state index contributed by atoms with van der Waals surface area (Å²) in [6.45, 7) is 26.1. The van der Waals surface area contributed by atoms with Crippen LogP contribution in [0.5, 0.6) is 0 Å². The lowest BCUT2D eigenvalue weighted by Crippen LogP contribution is -2.56. The highest BCUT2D eigenvalue weighted by atomic mass is 16.1.